The fourth-order valence-corrected chi connectivity index (χ4v) is 4.13. The zero-order chi connectivity index (χ0) is 17.6. The largest absolute Gasteiger partial charge is 0.389 e. The van der Waals surface area contributed by atoms with Crippen molar-refractivity contribution in [3.8, 4) is 0 Å². The minimum Gasteiger partial charge on any atom is -0.389 e. The Morgan fingerprint density at radius 1 is 1.08 bits per heavy atom. The van der Waals surface area contributed by atoms with Crippen LogP contribution in [0.5, 0.6) is 0 Å². The van der Waals surface area contributed by atoms with Gasteiger partial charge in [-0.25, -0.2) is 0 Å². The number of hydrogen-bond donors (Lipinski definition) is 3. The van der Waals surface area contributed by atoms with Crippen molar-refractivity contribution >= 4 is 0 Å². The Bertz CT molecular complexity index is 584. The summed E-state index contributed by atoms with van der Waals surface area (Å²) in [6.45, 7) is 10.5. The van der Waals surface area contributed by atoms with Crippen LogP contribution in [0.3, 0.4) is 0 Å². The Balaban J connectivity index is 0.000000141. The second-order valence-electron chi connectivity index (χ2n) is 9.04. The lowest BCUT2D eigenvalue weighted by Gasteiger charge is -2.29. The van der Waals surface area contributed by atoms with Crippen molar-refractivity contribution in [3.05, 3.63) is 24.3 Å². The minimum absolute atomic E-state index is 0.0387. The highest BCUT2D eigenvalue weighted by Gasteiger charge is 2.64. The van der Waals surface area contributed by atoms with E-state index in [1.165, 1.54) is 12.8 Å². The summed E-state index contributed by atoms with van der Waals surface area (Å²) in [6, 6.07) is 0. The van der Waals surface area contributed by atoms with Gasteiger partial charge in [-0.3, -0.25) is 9.97 Å². The van der Waals surface area contributed by atoms with Crippen LogP contribution in [0.1, 0.15) is 59.1 Å². The van der Waals surface area contributed by atoms with Gasteiger partial charge < -0.3 is 15.5 Å². The molecule has 4 rings (SSSR count). The summed E-state index contributed by atoms with van der Waals surface area (Å²) in [6.07, 6.45) is 9.06. The number of aliphatic hydroxyl groups is 2. The summed E-state index contributed by atoms with van der Waals surface area (Å²) in [7, 11) is 0. The van der Waals surface area contributed by atoms with Crippen molar-refractivity contribution in [1.82, 2.24) is 15.3 Å². The highest BCUT2D eigenvalue weighted by molar-refractivity contribution is 5.24. The third kappa shape index (κ3) is 2.98. The summed E-state index contributed by atoms with van der Waals surface area (Å²) in [5.41, 5.74) is -0.253. The zero-order valence-electron chi connectivity index (χ0n) is 15.3. The molecule has 1 aromatic rings. The van der Waals surface area contributed by atoms with Crippen LogP contribution in [0.2, 0.25) is 0 Å². The first-order valence-electron chi connectivity index (χ1n) is 9.04. The van der Waals surface area contributed by atoms with Crippen molar-refractivity contribution in [3.63, 3.8) is 0 Å². The van der Waals surface area contributed by atoms with E-state index in [9.17, 15) is 10.2 Å². The summed E-state index contributed by atoms with van der Waals surface area (Å²) < 4.78 is 0. The van der Waals surface area contributed by atoms with Crippen LogP contribution in [0, 0.1) is 16.7 Å². The molecule has 2 aliphatic carbocycles. The summed E-state index contributed by atoms with van der Waals surface area (Å²) in [4.78, 5) is 8.03. The second-order valence-corrected chi connectivity index (χ2v) is 9.04. The van der Waals surface area contributed by atoms with E-state index in [-0.39, 0.29) is 16.4 Å². The van der Waals surface area contributed by atoms with Crippen molar-refractivity contribution < 1.29 is 10.2 Å². The third-order valence-corrected chi connectivity index (χ3v) is 6.41. The zero-order valence-corrected chi connectivity index (χ0v) is 15.3. The molecule has 0 amide bonds. The van der Waals surface area contributed by atoms with Gasteiger partial charge in [0.2, 0.25) is 0 Å². The van der Waals surface area contributed by atoms with E-state index < -0.39 is 5.60 Å². The average Bonchev–Trinajstić information content (AvgIpc) is 3.30. The number of hydrogen-bond acceptors (Lipinski definition) is 5. The van der Waals surface area contributed by atoms with Gasteiger partial charge >= 0.3 is 0 Å². The quantitative estimate of drug-likeness (QED) is 0.774. The fraction of sp³-hybridized carbons (Fsp3) is 0.789. The normalized spacial score (nSPS) is 38.7. The van der Waals surface area contributed by atoms with Crippen molar-refractivity contribution in [2.75, 3.05) is 13.1 Å². The van der Waals surface area contributed by atoms with Crippen LogP contribution in [0.4, 0.5) is 0 Å². The molecule has 3 unspecified atom stereocenters. The van der Waals surface area contributed by atoms with Crippen LogP contribution >= 0.6 is 0 Å². The van der Waals surface area contributed by atoms with Gasteiger partial charge in [-0.2, -0.15) is 0 Å². The van der Waals surface area contributed by atoms with Gasteiger partial charge in [0, 0.05) is 30.3 Å². The lowest BCUT2D eigenvalue weighted by Crippen LogP contribution is -2.40. The molecular weight excluding hydrogens is 302 g/mol. The molecule has 2 saturated carbocycles. The topological polar surface area (TPSA) is 78.3 Å². The smallest absolute Gasteiger partial charge is 0.114 e. The SMILES string of the molecule is CC1(C)CC1(O)C1CCCNC1.CC1(C)CC1(O)c1cnccn1. The summed E-state index contributed by atoms with van der Waals surface area (Å²) in [5.74, 6) is 0.501. The highest BCUT2D eigenvalue weighted by atomic mass is 16.3. The van der Waals surface area contributed by atoms with Crippen LogP contribution in [-0.4, -0.2) is 38.9 Å². The van der Waals surface area contributed by atoms with Crippen LogP contribution in [0.15, 0.2) is 18.6 Å². The molecular formula is C19H31N3O2. The van der Waals surface area contributed by atoms with E-state index >= 15 is 0 Å². The van der Waals surface area contributed by atoms with Crippen LogP contribution in [0.25, 0.3) is 0 Å². The predicted octanol–water partition coefficient (Wildman–Crippen LogP) is 2.24. The number of piperidine rings is 1. The van der Waals surface area contributed by atoms with Gasteiger partial charge in [0.05, 0.1) is 17.5 Å². The molecule has 0 bridgehead atoms. The van der Waals surface area contributed by atoms with E-state index in [0.29, 0.717) is 11.6 Å². The maximum Gasteiger partial charge on any atom is 0.114 e. The number of nitrogens with zero attached hydrogens (tertiary/aromatic N) is 2. The Hall–Kier alpha value is -1.04. The van der Waals surface area contributed by atoms with Crippen molar-refractivity contribution in [2.24, 2.45) is 16.7 Å². The van der Waals surface area contributed by atoms with Gasteiger partial charge in [-0.05, 0) is 37.6 Å². The first-order valence-corrected chi connectivity index (χ1v) is 9.04. The molecule has 5 nitrogen and oxygen atoms in total. The summed E-state index contributed by atoms with van der Waals surface area (Å²) in [5, 5.41) is 23.6. The molecule has 0 spiro atoms. The molecule has 134 valence electrons. The monoisotopic (exact) mass is 333 g/mol. The van der Waals surface area contributed by atoms with E-state index in [1.807, 2.05) is 13.8 Å². The standard InChI is InChI=1S/C10H19NO.C9H12N2O/c1-9(2)7-10(9,12)8-4-3-5-11-6-8;1-8(2)6-9(8,12)7-5-10-3-4-11-7/h8,11-12H,3-7H2,1-2H3;3-5,12H,6H2,1-2H3. The lowest BCUT2D eigenvalue weighted by atomic mass is 9.87. The molecule has 3 atom stereocenters. The van der Waals surface area contributed by atoms with Crippen molar-refractivity contribution in [1.29, 1.82) is 0 Å². The van der Waals surface area contributed by atoms with Gasteiger partial charge in [-0.15, -0.1) is 0 Å². The number of rotatable bonds is 2. The molecule has 5 heteroatoms. The molecule has 0 aromatic carbocycles. The predicted molar refractivity (Wildman–Crippen MR) is 93.3 cm³/mol. The number of nitrogens with one attached hydrogen (secondary N) is 1. The number of aromatic nitrogens is 2. The van der Waals surface area contributed by atoms with E-state index in [1.54, 1.807) is 18.6 Å². The molecule has 1 aromatic heterocycles. The van der Waals surface area contributed by atoms with Crippen molar-refractivity contribution in [2.45, 2.75) is 64.6 Å². The van der Waals surface area contributed by atoms with Gasteiger partial charge in [-0.1, -0.05) is 27.7 Å². The van der Waals surface area contributed by atoms with E-state index in [4.69, 9.17) is 0 Å². The molecule has 3 aliphatic rings. The molecule has 3 N–H and O–H groups in total. The van der Waals surface area contributed by atoms with E-state index in [0.717, 1.165) is 25.9 Å². The maximum atomic E-state index is 10.2. The lowest BCUT2D eigenvalue weighted by molar-refractivity contribution is 0.0346. The Kier molecular flexibility index (Phi) is 4.26. The van der Waals surface area contributed by atoms with Gasteiger partial charge in [0.15, 0.2) is 0 Å². The van der Waals surface area contributed by atoms with Gasteiger partial charge in [0.25, 0.3) is 0 Å². The Morgan fingerprint density at radius 2 is 1.75 bits per heavy atom. The first-order chi connectivity index (χ1) is 11.1. The molecule has 24 heavy (non-hydrogen) atoms. The third-order valence-electron chi connectivity index (χ3n) is 6.41. The second kappa shape index (κ2) is 5.75. The molecule has 1 saturated heterocycles. The maximum absolute atomic E-state index is 10.2. The van der Waals surface area contributed by atoms with E-state index in [2.05, 4.69) is 29.1 Å². The minimum atomic E-state index is -0.735. The average molecular weight is 333 g/mol. The van der Waals surface area contributed by atoms with Crippen LogP contribution in [-0.2, 0) is 5.60 Å². The highest BCUT2D eigenvalue weighted by Crippen LogP contribution is 2.61. The Labute approximate surface area is 144 Å². The molecule has 2 heterocycles. The molecule has 0 radical (unpaired) electrons. The first kappa shape index (κ1) is 17.8. The fourth-order valence-electron chi connectivity index (χ4n) is 4.13. The van der Waals surface area contributed by atoms with Gasteiger partial charge in [0.1, 0.15) is 5.60 Å². The summed E-state index contributed by atoms with van der Waals surface area (Å²) >= 11 is 0. The molecule has 3 fully saturated rings. The Morgan fingerprint density at radius 3 is 2.17 bits per heavy atom. The van der Waals surface area contributed by atoms with Crippen LogP contribution < -0.4 is 5.32 Å². The molecule has 1 aliphatic heterocycles.